The predicted octanol–water partition coefficient (Wildman–Crippen LogP) is 2.08. The molecule has 196 valence electrons. The maximum Gasteiger partial charge on any atom is 0.219 e. The molecular formula is C25H46N4O5. The lowest BCUT2D eigenvalue weighted by Crippen LogP contribution is -2.50. The van der Waals surface area contributed by atoms with E-state index in [0.717, 1.165) is 38.0 Å². The van der Waals surface area contributed by atoms with Gasteiger partial charge in [-0.3, -0.25) is 14.4 Å². The molecule has 0 radical (unpaired) electrons. The largest absolute Gasteiger partial charge is 0.388 e. The predicted molar refractivity (Wildman–Crippen MR) is 131 cm³/mol. The average Bonchev–Trinajstić information content (AvgIpc) is 3.24. The minimum atomic E-state index is -1.13. The lowest BCUT2D eigenvalue weighted by atomic mass is 10.1. The van der Waals surface area contributed by atoms with Crippen molar-refractivity contribution in [3.05, 3.63) is 18.0 Å². The molecule has 9 nitrogen and oxygen atoms in total. The van der Waals surface area contributed by atoms with E-state index < -0.39 is 18.3 Å². The lowest BCUT2D eigenvalue weighted by molar-refractivity contribution is -0.140. The highest BCUT2D eigenvalue weighted by molar-refractivity contribution is 5.73. The van der Waals surface area contributed by atoms with Crippen LogP contribution in [0.1, 0.15) is 65.6 Å². The summed E-state index contributed by atoms with van der Waals surface area (Å²) in [7, 11) is 0. The fourth-order valence-corrected chi connectivity index (χ4v) is 4.09. The molecule has 1 aromatic rings. The highest BCUT2D eigenvalue weighted by Crippen LogP contribution is 2.14. The Morgan fingerprint density at radius 1 is 1.21 bits per heavy atom. The molecule has 1 saturated heterocycles. The van der Waals surface area contributed by atoms with E-state index in [1.807, 2.05) is 16.9 Å². The van der Waals surface area contributed by atoms with E-state index in [2.05, 4.69) is 37.7 Å². The van der Waals surface area contributed by atoms with E-state index in [9.17, 15) is 15.0 Å². The first kappa shape index (κ1) is 28.7. The number of aromatic nitrogens is 2. The summed E-state index contributed by atoms with van der Waals surface area (Å²) >= 11 is 0. The topological polar surface area (TPSA) is 100 Å². The summed E-state index contributed by atoms with van der Waals surface area (Å²) in [5.74, 6) is 0.385. The van der Waals surface area contributed by atoms with Gasteiger partial charge in [0, 0.05) is 58.6 Å². The maximum atomic E-state index is 12.5. The van der Waals surface area contributed by atoms with Gasteiger partial charge in [-0.2, -0.15) is 5.10 Å². The van der Waals surface area contributed by atoms with Crippen molar-refractivity contribution in [1.82, 2.24) is 19.6 Å². The van der Waals surface area contributed by atoms with Gasteiger partial charge < -0.3 is 24.6 Å². The second-order valence-electron chi connectivity index (χ2n) is 10.0. The Labute approximate surface area is 205 Å². The molecule has 1 amide bonds. The van der Waals surface area contributed by atoms with Crippen molar-refractivity contribution >= 4 is 5.91 Å². The van der Waals surface area contributed by atoms with Crippen LogP contribution in [0, 0.1) is 5.92 Å². The minimum Gasteiger partial charge on any atom is -0.388 e. The second kappa shape index (κ2) is 14.8. The molecular weight excluding hydrogens is 436 g/mol. The van der Waals surface area contributed by atoms with E-state index in [0.29, 0.717) is 32.2 Å². The number of carbonyl (C=O) groups is 1. The van der Waals surface area contributed by atoms with E-state index in [-0.39, 0.29) is 25.1 Å². The fourth-order valence-electron chi connectivity index (χ4n) is 4.09. The van der Waals surface area contributed by atoms with Crippen LogP contribution in [0.5, 0.6) is 0 Å². The minimum absolute atomic E-state index is 0.0442. The van der Waals surface area contributed by atoms with Gasteiger partial charge >= 0.3 is 0 Å². The fraction of sp³-hybridized carbons (Fsp3) is 0.840. The molecule has 1 aromatic heterocycles. The highest BCUT2D eigenvalue weighted by Gasteiger charge is 2.30. The summed E-state index contributed by atoms with van der Waals surface area (Å²) in [6, 6.07) is 2.33. The standard InChI is InChI=1S/C25H46N4O5/c1-19(2)9-15-34-24-17-28(21(5)30)13-12-27(16-22-8-10-26-29(22)20(3)4)11-6-7-14-33-18-23(31)25(24)32/h8,10,19-20,23-25,31-32H,6-7,9,11-18H2,1-5H3/t23-,24-,25-/m1/s1. The average molecular weight is 483 g/mol. The molecule has 2 rings (SSSR count). The van der Waals surface area contributed by atoms with Gasteiger partial charge in [0.05, 0.1) is 12.3 Å². The molecule has 3 atom stereocenters. The van der Waals surface area contributed by atoms with Crippen LogP contribution < -0.4 is 0 Å². The van der Waals surface area contributed by atoms with Crippen LogP contribution in [0.2, 0.25) is 0 Å². The number of hydrogen-bond acceptors (Lipinski definition) is 7. The van der Waals surface area contributed by atoms with E-state index in [1.54, 1.807) is 11.8 Å². The monoisotopic (exact) mass is 482 g/mol. The molecule has 0 bridgehead atoms. The number of rotatable bonds is 7. The Bertz CT molecular complexity index is 711. The first-order valence-electron chi connectivity index (χ1n) is 12.7. The first-order valence-corrected chi connectivity index (χ1v) is 12.7. The third kappa shape index (κ3) is 9.62. The summed E-state index contributed by atoms with van der Waals surface area (Å²) in [6.07, 6.45) is 1.60. The molecule has 2 heterocycles. The quantitative estimate of drug-likeness (QED) is 0.614. The van der Waals surface area contributed by atoms with Gasteiger partial charge in [-0.15, -0.1) is 0 Å². The van der Waals surface area contributed by atoms with Crippen molar-refractivity contribution in [2.75, 3.05) is 46.0 Å². The van der Waals surface area contributed by atoms with Gasteiger partial charge in [0.15, 0.2) is 0 Å². The summed E-state index contributed by atoms with van der Waals surface area (Å²) in [4.78, 5) is 16.6. The lowest BCUT2D eigenvalue weighted by Gasteiger charge is -2.33. The van der Waals surface area contributed by atoms with Gasteiger partial charge in [-0.25, -0.2) is 0 Å². The molecule has 2 N–H and O–H groups in total. The van der Waals surface area contributed by atoms with Gasteiger partial charge in [-0.1, -0.05) is 13.8 Å². The van der Waals surface area contributed by atoms with Crippen LogP contribution in [-0.4, -0.2) is 100 Å². The second-order valence-corrected chi connectivity index (χ2v) is 10.0. The molecule has 1 aliphatic heterocycles. The van der Waals surface area contributed by atoms with Crippen LogP contribution in [0.3, 0.4) is 0 Å². The van der Waals surface area contributed by atoms with Crippen LogP contribution in [0.4, 0.5) is 0 Å². The third-order valence-corrected chi connectivity index (χ3v) is 6.26. The Kier molecular flexibility index (Phi) is 12.5. The normalized spacial score (nSPS) is 24.5. The number of aliphatic hydroxyl groups excluding tert-OH is 2. The summed E-state index contributed by atoms with van der Waals surface area (Å²) in [5, 5.41) is 25.7. The molecule has 0 aromatic carbocycles. The van der Waals surface area contributed by atoms with Crippen molar-refractivity contribution in [3.8, 4) is 0 Å². The van der Waals surface area contributed by atoms with Crippen molar-refractivity contribution in [2.45, 2.75) is 84.8 Å². The Hall–Kier alpha value is -1.52. The molecule has 0 spiro atoms. The Morgan fingerprint density at radius 2 is 1.97 bits per heavy atom. The van der Waals surface area contributed by atoms with Crippen molar-refractivity contribution < 1.29 is 24.5 Å². The maximum absolute atomic E-state index is 12.5. The molecule has 9 heteroatoms. The third-order valence-electron chi connectivity index (χ3n) is 6.26. The number of ether oxygens (including phenoxy) is 2. The Morgan fingerprint density at radius 3 is 2.65 bits per heavy atom. The number of aliphatic hydroxyl groups is 2. The summed E-state index contributed by atoms with van der Waals surface area (Å²) in [5.41, 5.74) is 1.15. The zero-order valence-corrected chi connectivity index (χ0v) is 21.7. The van der Waals surface area contributed by atoms with E-state index in [4.69, 9.17) is 9.47 Å². The number of carbonyl (C=O) groups excluding carboxylic acids is 1. The zero-order chi connectivity index (χ0) is 25.1. The molecule has 1 fully saturated rings. The molecule has 0 unspecified atom stereocenters. The zero-order valence-electron chi connectivity index (χ0n) is 21.7. The smallest absolute Gasteiger partial charge is 0.219 e. The van der Waals surface area contributed by atoms with Crippen molar-refractivity contribution in [2.24, 2.45) is 5.92 Å². The molecule has 0 aliphatic carbocycles. The number of hydrogen-bond donors (Lipinski definition) is 2. The SMILES string of the molecule is CC(=O)N1CCN(Cc2ccnn2C(C)C)CCCCOC[C@@H](O)[C@@H](O)[C@H](OCCC(C)C)C1. The van der Waals surface area contributed by atoms with Crippen LogP contribution >= 0.6 is 0 Å². The number of amides is 1. The van der Waals surface area contributed by atoms with Crippen molar-refractivity contribution in [3.63, 3.8) is 0 Å². The van der Waals surface area contributed by atoms with Crippen LogP contribution in [0.25, 0.3) is 0 Å². The van der Waals surface area contributed by atoms with Crippen LogP contribution in [-0.2, 0) is 20.8 Å². The van der Waals surface area contributed by atoms with Gasteiger partial charge in [0.1, 0.15) is 18.3 Å². The van der Waals surface area contributed by atoms with Gasteiger partial charge in [0.2, 0.25) is 5.91 Å². The summed E-state index contributed by atoms with van der Waals surface area (Å²) in [6.45, 7) is 14.1. The Balaban J connectivity index is 2.14. The van der Waals surface area contributed by atoms with Crippen molar-refractivity contribution in [1.29, 1.82) is 0 Å². The molecule has 34 heavy (non-hydrogen) atoms. The van der Waals surface area contributed by atoms with Gasteiger partial charge in [-0.05, 0) is 51.6 Å². The van der Waals surface area contributed by atoms with Crippen LogP contribution in [0.15, 0.2) is 12.3 Å². The van der Waals surface area contributed by atoms with E-state index in [1.165, 1.54) is 0 Å². The van der Waals surface area contributed by atoms with Gasteiger partial charge in [0.25, 0.3) is 0 Å². The molecule has 1 aliphatic rings. The molecule has 0 saturated carbocycles. The highest BCUT2D eigenvalue weighted by atomic mass is 16.5. The van der Waals surface area contributed by atoms with E-state index >= 15 is 0 Å². The summed E-state index contributed by atoms with van der Waals surface area (Å²) < 4.78 is 13.7. The first-order chi connectivity index (χ1) is 16.2. The number of nitrogens with zero attached hydrogens (tertiary/aromatic N) is 4.